The van der Waals surface area contributed by atoms with E-state index in [2.05, 4.69) is 4.98 Å². The van der Waals surface area contributed by atoms with Crippen LogP contribution >= 0.6 is 0 Å². The Hall–Kier alpha value is -1.12. The number of hydrogen-bond donors (Lipinski definition) is 0. The molecule has 0 aliphatic heterocycles. The average molecular weight is 166 g/mol. The van der Waals surface area contributed by atoms with E-state index < -0.39 is 0 Å². The predicted octanol–water partition coefficient (Wildman–Crippen LogP) is 1.08. The zero-order valence-corrected chi connectivity index (χ0v) is 7.96. The summed E-state index contributed by atoms with van der Waals surface area (Å²) in [5.41, 5.74) is 0.438. The van der Waals surface area contributed by atoms with Gasteiger partial charge >= 0.3 is 0 Å². The van der Waals surface area contributed by atoms with Crippen molar-refractivity contribution in [1.29, 1.82) is 0 Å². The van der Waals surface area contributed by atoms with E-state index in [-0.39, 0.29) is 11.0 Å². The van der Waals surface area contributed by atoms with E-state index in [0.717, 1.165) is 0 Å². The number of hydrogen-bond acceptors (Lipinski definition) is 2. The second-order valence-corrected chi connectivity index (χ2v) is 3.94. The minimum atomic E-state index is -0.171. The van der Waals surface area contributed by atoms with E-state index in [1.165, 1.54) is 0 Å². The van der Waals surface area contributed by atoms with Crippen LogP contribution in [0.5, 0.6) is 0 Å². The molecule has 1 rings (SSSR count). The van der Waals surface area contributed by atoms with Crippen LogP contribution in [0.15, 0.2) is 17.2 Å². The van der Waals surface area contributed by atoms with Crippen LogP contribution in [-0.2, 0) is 12.5 Å². The molecule has 0 bridgehead atoms. The number of aromatic nitrogens is 2. The van der Waals surface area contributed by atoms with E-state index in [1.54, 1.807) is 24.0 Å². The summed E-state index contributed by atoms with van der Waals surface area (Å²) in [5, 5.41) is 0. The summed E-state index contributed by atoms with van der Waals surface area (Å²) in [4.78, 5) is 15.6. The van der Waals surface area contributed by atoms with Crippen molar-refractivity contribution in [1.82, 2.24) is 9.55 Å². The molecule has 0 N–H and O–H groups in total. The smallest absolute Gasteiger partial charge is 0.272 e. The molecule has 0 saturated heterocycles. The van der Waals surface area contributed by atoms with Crippen LogP contribution in [0.25, 0.3) is 0 Å². The molecule has 0 saturated carbocycles. The zero-order chi connectivity index (χ0) is 9.35. The summed E-state index contributed by atoms with van der Waals surface area (Å²) in [6.45, 7) is 5.95. The molecule has 3 nitrogen and oxygen atoms in total. The first-order chi connectivity index (χ1) is 5.43. The lowest BCUT2D eigenvalue weighted by Gasteiger charge is -2.16. The van der Waals surface area contributed by atoms with Gasteiger partial charge in [-0.05, 0) is 0 Å². The van der Waals surface area contributed by atoms with Crippen LogP contribution in [-0.4, -0.2) is 9.55 Å². The summed E-state index contributed by atoms with van der Waals surface area (Å²) < 4.78 is 1.55. The molecular weight excluding hydrogens is 152 g/mol. The van der Waals surface area contributed by atoms with Gasteiger partial charge in [-0.1, -0.05) is 20.8 Å². The Morgan fingerprint density at radius 3 is 2.42 bits per heavy atom. The molecule has 0 amide bonds. The lowest BCUT2D eigenvalue weighted by Crippen LogP contribution is -2.30. The Labute approximate surface area is 72.1 Å². The van der Waals surface area contributed by atoms with Crippen LogP contribution < -0.4 is 5.56 Å². The standard InChI is InChI=1S/C9H14N2O/c1-9(2,3)7-8(12)11(4)6-5-10-7/h5-6H,1-4H3. The van der Waals surface area contributed by atoms with Gasteiger partial charge in [0, 0.05) is 24.9 Å². The van der Waals surface area contributed by atoms with Crippen molar-refractivity contribution in [3.63, 3.8) is 0 Å². The highest BCUT2D eigenvalue weighted by atomic mass is 16.1. The van der Waals surface area contributed by atoms with Gasteiger partial charge < -0.3 is 4.57 Å². The summed E-state index contributed by atoms with van der Waals surface area (Å²) in [5.74, 6) is 0. The quantitative estimate of drug-likeness (QED) is 0.578. The highest BCUT2D eigenvalue weighted by molar-refractivity contribution is 5.08. The van der Waals surface area contributed by atoms with E-state index in [9.17, 15) is 4.79 Å². The van der Waals surface area contributed by atoms with Crippen molar-refractivity contribution >= 4 is 0 Å². The minimum Gasteiger partial charge on any atom is -0.315 e. The first-order valence-electron chi connectivity index (χ1n) is 3.95. The van der Waals surface area contributed by atoms with Crippen LogP contribution in [0.3, 0.4) is 0 Å². The van der Waals surface area contributed by atoms with E-state index >= 15 is 0 Å². The van der Waals surface area contributed by atoms with Gasteiger partial charge in [0.1, 0.15) is 5.69 Å². The fourth-order valence-corrected chi connectivity index (χ4v) is 1.01. The van der Waals surface area contributed by atoms with Crippen molar-refractivity contribution in [2.24, 2.45) is 7.05 Å². The molecule has 0 aliphatic rings. The third-order valence-corrected chi connectivity index (χ3v) is 1.73. The van der Waals surface area contributed by atoms with E-state index in [0.29, 0.717) is 5.69 Å². The fraction of sp³-hybridized carbons (Fsp3) is 0.556. The molecule has 66 valence electrons. The highest BCUT2D eigenvalue weighted by Crippen LogP contribution is 2.14. The van der Waals surface area contributed by atoms with Gasteiger partial charge in [0.25, 0.3) is 5.56 Å². The molecule has 0 unspecified atom stereocenters. The Morgan fingerprint density at radius 2 is 2.00 bits per heavy atom. The fourth-order valence-electron chi connectivity index (χ4n) is 1.01. The molecule has 1 aromatic rings. The molecule has 1 aromatic heterocycles. The van der Waals surface area contributed by atoms with E-state index in [1.807, 2.05) is 20.8 Å². The van der Waals surface area contributed by atoms with Gasteiger partial charge in [0.05, 0.1) is 0 Å². The second-order valence-electron chi connectivity index (χ2n) is 3.94. The third-order valence-electron chi connectivity index (χ3n) is 1.73. The minimum absolute atomic E-state index is 0.00926. The lowest BCUT2D eigenvalue weighted by molar-refractivity contribution is 0.549. The molecule has 0 radical (unpaired) electrons. The van der Waals surface area contributed by atoms with Crippen LogP contribution in [0.2, 0.25) is 0 Å². The van der Waals surface area contributed by atoms with Gasteiger partial charge in [-0.3, -0.25) is 9.78 Å². The molecule has 0 atom stereocenters. The van der Waals surface area contributed by atoms with Crippen molar-refractivity contribution < 1.29 is 0 Å². The van der Waals surface area contributed by atoms with Crippen molar-refractivity contribution in [2.45, 2.75) is 26.2 Å². The van der Waals surface area contributed by atoms with Crippen LogP contribution in [0, 0.1) is 0 Å². The van der Waals surface area contributed by atoms with Gasteiger partial charge in [0.15, 0.2) is 0 Å². The van der Waals surface area contributed by atoms with Gasteiger partial charge in [-0.25, -0.2) is 0 Å². The molecule has 0 fully saturated rings. The Bertz CT molecular complexity index is 333. The molecule has 0 spiro atoms. The molecule has 3 heteroatoms. The van der Waals surface area contributed by atoms with Gasteiger partial charge in [0.2, 0.25) is 0 Å². The zero-order valence-electron chi connectivity index (χ0n) is 7.96. The Balaban J connectivity index is 3.37. The summed E-state index contributed by atoms with van der Waals surface area (Å²) in [6, 6.07) is 0. The topological polar surface area (TPSA) is 34.9 Å². The summed E-state index contributed by atoms with van der Waals surface area (Å²) >= 11 is 0. The molecule has 1 heterocycles. The monoisotopic (exact) mass is 166 g/mol. The Morgan fingerprint density at radius 1 is 1.42 bits per heavy atom. The maximum atomic E-state index is 11.5. The third kappa shape index (κ3) is 1.55. The highest BCUT2D eigenvalue weighted by Gasteiger charge is 2.19. The van der Waals surface area contributed by atoms with Crippen molar-refractivity contribution in [2.75, 3.05) is 0 Å². The molecule has 0 aliphatic carbocycles. The van der Waals surface area contributed by atoms with Crippen LogP contribution in [0.4, 0.5) is 0 Å². The first kappa shape index (κ1) is 8.97. The number of nitrogens with zero attached hydrogens (tertiary/aromatic N) is 2. The largest absolute Gasteiger partial charge is 0.315 e. The second kappa shape index (κ2) is 2.73. The molecule has 12 heavy (non-hydrogen) atoms. The van der Waals surface area contributed by atoms with Crippen LogP contribution in [0.1, 0.15) is 26.5 Å². The van der Waals surface area contributed by atoms with Crippen molar-refractivity contribution in [3.8, 4) is 0 Å². The Kier molecular flexibility index (Phi) is 2.04. The summed E-state index contributed by atoms with van der Waals surface area (Å²) in [7, 11) is 1.74. The number of rotatable bonds is 0. The van der Waals surface area contributed by atoms with Gasteiger partial charge in [-0.2, -0.15) is 0 Å². The summed E-state index contributed by atoms with van der Waals surface area (Å²) in [6.07, 6.45) is 3.32. The normalized spacial score (nSPS) is 11.7. The van der Waals surface area contributed by atoms with Gasteiger partial charge in [-0.15, -0.1) is 0 Å². The maximum absolute atomic E-state index is 11.5. The van der Waals surface area contributed by atoms with Crippen molar-refractivity contribution in [3.05, 3.63) is 28.4 Å². The number of aryl methyl sites for hydroxylation is 1. The first-order valence-corrected chi connectivity index (χ1v) is 3.95. The van der Waals surface area contributed by atoms with E-state index in [4.69, 9.17) is 0 Å². The average Bonchev–Trinajstić information content (AvgIpc) is 1.92. The maximum Gasteiger partial charge on any atom is 0.272 e. The SMILES string of the molecule is Cn1ccnc(C(C)(C)C)c1=O. The molecule has 0 aromatic carbocycles. The lowest BCUT2D eigenvalue weighted by atomic mass is 9.92. The molecular formula is C9H14N2O. The predicted molar refractivity (Wildman–Crippen MR) is 48.2 cm³/mol.